The molecule has 0 saturated heterocycles. The second-order valence-corrected chi connectivity index (χ2v) is 3.07. The Morgan fingerprint density at radius 3 is 2.69 bits per heavy atom. The van der Waals surface area contributed by atoms with E-state index in [4.69, 9.17) is 28.3 Å². The van der Waals surface area contributed by atoms with E-state index in [0.29, 0.717) is 11.3 Å². The van der Waals surface area contributed by atoms with Crippen molar-refractivity contribution in [3.8, 4) is 0 Å². The number of allylic oxidation sites excluding steroid dienone is 1. The van der Waals surface area contributed by atoms with Gasteiger partial charge in [0.15, 0.2) is 5.78 Å². The zero-order valence-corrected chi connectivity index (χ0v) is 8.01. The average Bonchev–Trinajstić information content (AvgIpc) is 2.10. The molecule has 1 aromatic rings. The number of rotatable bonds is 2. The molecule has 1 N–H and O–H groups in total. The Kier molecular flexibility index (Phi) is 3.34. The molecule has 13 heavy (non-hydrogen) atoms. The van der Waals surface area contributed by atoms with Gasteiger partial charge in [0.25, 0.3) is 0 Å². The van der Waals surface area contributed by atoms with E-state index < -0.39 is 0 Å². The lowest BCUT2D eigenvalue weighted by atomic mass is 10.1. The van der Waals surface area contributed by atoms with Gasteiger partial charge in [-0.25, -0.2) is 0 Å². The van der Waals surface area contributed by atoms with Crippen LogP contribution in [0.1, 0.15) is 10.4 Å². The van der Waals surface area contributed by atoms with Crippen LogP contribution >= 0.6 is 23.2 Å². The molecule has 0 saturated carbocycles. The lowest BCUT2D eigenvalue weighted by Crippen LogP contribution is -1.95. The molecule has 68 valence electrons. The minimum absolute atomic E-state index is 0.201. The molecule has 2 nitrogen and oxygen atoms in total. The summed E-state index contributed by atoms with van der Waals surface area (Å²) in [6.45, 7) is 0. The van der Waals surface area contributed by atoms with Crippen molar-refractivity contribution in [2.75, 3.05) is 0 Å². The van der Waals surface area contributed by atoms with Crippen LogP contribution in [-0.4, -0.2) is 10.9 Å². The first kappa shape index (κ1) is 10.1. The third kappa shape index (κ3) is 2.23. The zero-order valence-electron chi connectivity index (χ0n) is 6.50. The van der Waals surface area contributed by atoms with Gasteiger partial charge in [0.2, 0.25) is 0 Å². The van der Waals surface area contributed by atoms with Crippen LogP contribution in [-0.2, 0) is 0 Å². The Hall–Kier alpha value is -0.990. The molecular formula is C9H6Cl2O2. The fraction of sp³-hybridized carbons (Fsp3) is 0. The summed E-state index contributed by atoms with van der Waals surface area (Å²) in [5.74, 6) is -0.380. The quantitative estimate of drug-likeness (QED) is 0.469. The molecule has 0 aliphatic rings. The van der Waals surface area contributed by atoms with Crippen molar-refractivity contribution in [2.24, 2.45) is 0 Å². The number of halogens is 2. The number of ketones is 1. The molecular weight excluding hydrogens is 211 g/mol. The van der Waals surface area contributed by atoms with Gasteiger partial charge in [0.1, 0.15) is 0 Å². The number of carbonyl (C=O) groups excluding carboxylic acids is 1. The van der Waals surface area contributed by atoms with E-state index in [1.165, 1.54) is 6.07 Å². The van der Waals surface area contributed by atoms with E-state index >= 15 is 0 Å². The first-order chi connectivity index (χ1) is 6.16. The Morgan fingerprint density at radius 1 is 1.38 bits per heavy atom. The maximum atomic E-state index is 11.2. The molecule has 0 unspecified atom stereocenters. The highest BCUT2D eigenvalue weighted by Crippen LogP contribution is 2.25. The van der Waals surface area contributed by atoms with Crippen LogP contribution in [0.25, 0.3) is 0 Å². The molecule has 4 heteroatoms. The summed E-state index contributed by atoms with van der Waals surface area (Å²) in [5.41, 5.74) is 0.277. The van der Waals surface area contributed by atoms with Crippen molar-refractivity contribution in [3.63, 3.8) is 0 Å². The summed E-state index contributed by atoms with van der Waals surface area (Å²) < 4.78 is 0. The minimum atomic E-state index is -0.380. The molecule has 0 bridgehead atoms. The van der Waals surface area contributed by atoms with E-state index in [9.17, 15) is 4.79 Å². The average molecular weight is 217 g/mol. The van der Waals surface area contributed by atoms with Gasteiger partial charge in [-0.15, -0.1) is 0 Å². The maximum absolute atomic E-state index is 11.2. The van der Waals surface area contributed by atoms with E-state index in [0.717, 1.165) is 6.08 Å². The lowest BCUT2D eigenvalue weighted by molar-refractivity contribution is 0.104. The summed E-state index contributed by atoms with van der Waals surface area (Å²) in [6, 6.07) is 4.74. The van der Waals surface area contributed by atoms with E-state index in [-0.39, 0.29) is 16.4 Å². The number of benzene rings is 1. The van der Waals surface area contributed by atoms with E-state index in [1.54, 1.807) is 12.1 Å². The number of hydrogen-bond acceptors (Lipinski definition) is 2. The van der Waals surface area contributed by atoms with Crippen LogP contribution in [0, 0.1) is 0 Å². The fourth-order valence-electron chi connectivity index (χ4n) is 0.852. The van der Waals surface area contributed by atoms with Crippen molar-refractivity contribution >= 4 is 29.0 Å². The summed E-state index contributed by atoms with van der Waals surface area (Å²) in [5, 5.41) is 8.90. The maximum Gasteiger partial charge on any atom is 0.190 e. The number of carbonyl (C=O) groups is 1. The second-order valence-electron chi connectivity index (χ2n) is 2.28. The summed E-state index contributed by atoms with van der Waals surface area (Å²) in [4.78, 5) is 11.2. The third-order valence-corrected chi connectivity index (χ3v) is 2.26. The molecule has 0 amide bonds. The summed E-state index contributed by atoms with van der Waals surface area (Å²) in [6.07, 6.45) is 1.68. The highest BCUT2D eigenvalue weighted by atomic mass is 35.5. The van der Waals surface area contributed by atoms with Gasteiger partial charge in [0, 0.05) is 11.6 Å². The first-order valence-corrected chi connectivity index (χ1v) is 4.21. The molecule has 0 aliphatic heterocycles. The van der Waals surface area contributed by atoms with E-state index in [1.807, 2.05) is 0 Å². The third-order valence-electron chi connectivity index (χ3n) is 1.44. The van der Waals surface area contributed by atoms with Gasteiger partial charge >= 0.3 is 0 Å². The van der Waals surface area contributed by atoms with Crippen molar-refractivity contribution in [1.82, 2.24) is 0 Å². The molecule has 0 atom stereocenters. The Labute approximate surface area is 85.4 Å². The van der Waals surface area contributed by atoms with Gasteiger partial charge in [-0.1, -0.05) is 29.3 Å². The molecule has 1 rings (SSSR count). The first-order valence-electron chi connectivity index (χ1n) is 3.46. The molecule has 1 aromatic carbocycles. The molecule has 0 heterocycles. The smallest absolute Gasteiger partial charge is 0.190 e. The standard InChI is InChI=1S/C9H6Cl2O2/c10-7-3-1-2-6(9(7)11)8(13)4-5-12/h1-5,12H/b5-4+. The monoisotopic (exact) mass is 216 g/mol. The van der Waals surface area contributed by atoms with Gasteiger partial charge in [-0.2, -0.15) is 0 Å². The predicted octanol–water partition coefficient (Wildman–Crippen LogP) is 3.25. The Morgan fingerprint density at radius 2 is 2.08 bits per heavy atom. The van der Waals surface area contributed by atoms with E-state index in [2.05, 4.69) is 0 Å². The molecule has 0 fully saturated rings. The molecule has 0 aliphatic carbocycles. The predicted molar refractivity (Wildman–Crippen MR) is 52.6 cm³/mol. The normalized spacial score (nSPS) is 10.6. The van der Waals surface area contributed by atoms with Gasteiger partial charge in [-0.05, 0) is 12.1 Å². The summed E-state index contributed by atoms with van der Waals surface area (Å²) >= 11 is 11.4. The number of aliphatic hydroxyl groups excluding tert-OH is 1. The van der Waals surface area contributed by atoms with Crippen LogP contribution in [0.2, 0.25) is 10.0 Å². The second kappa shape index (κ2) is 4.30. The Bertz CT molecular complexity index is 359. The lowest BCUT2D eigenvalue weighted by Gasteiger charge is -2.00. The van der Waals surface area contributed by atoms with Crippen LogP contribution in [0.3, 0.4) is 0 Å². The fourth-order valence-corrected chi connectivity index (χ4v) is 1.25. The van der Waals surface area contributed by atoms with Gasteiger partial charge in [0.05, 0.1) is 16.3 Å². The highest BCUT2D eigenvalue weighted by molar-refractivity contribution is 6.44. The number of hydrogen-bond donors (Lipinski definition) is 1. The topological polar surface area (TPSA) is 37.3 Å². The van der Waals surface area contributed by atoms with Crippen LogP contribution < -0.4 is 0 Å². The molecule has 0 radical (unpaired) electrons. The van der Waals surface area contributed by atoms with Crippen LogP contribution in [0.15, 0.2) is 30.5 Å². The highest BCUT2D eigenvalue weighted by Gasteiger charge is 2.09. The number of aliphatic hydroxyl groups is 1. The van der Waals surface area contributed by atoms with Crippen molar-refractivity contribution in [1.29, 1.82) is 0 Å². The van der Waals surface area contributed by atoms with Crippen LogP contribution in [0.4, 0.5) is 0 Å². The summed E-state index contributed by atoms with van der Waals surface area (Å²) in [7, 11) is 0. The Balaban J connectivity index is 3.15. The minimum Gasteiger partial charge on any atom is -0.515 e. The molecule has 0 spiro atoms. The van der Waals surface area contributed by atoms with Crippen molar-refractivity contribution in [3.05, 3.63) is 46.1 Å². The van der Waals surface area contributed by atoms with Gasteiger partial charge < -0.3 is 5.11 Å². The molecule has 0 aromatic heterocycles. The zero-order chi connectivity index (χ0) is 9.84. The SMILES string of the molecule is O=C(/C=C/O)c1cccc(Cl)c1Cl. The van der Waals surface area contributed by atoms with Crippen molar-refractivity contribution < 1.29 is 9.90 Å². The van der Waals surface area contributed by atoms with Crippen LogP contribution in [0.5, 0.6) is 0 Å². The van der Waals surface area contributed by atoms with Gasteiger partial charge in [-0.3, -0.25) is 4.79 Å². The van der Waals surface area contributed by atoms with Crippen molar-refractivity contribution in [2.45, 2.75) is 0 Å². The largest absolute Gasteiger partial charge is 0.515 e.